The lowest BCUT2D eigenvalue weighted by Crippen LogP contribution is -2.32. The van der Waals surface area contributed by atoms with Crippen molar-refractivity contribution in [3.05, 3.63) is 28.8 Å². The molecule has 0 saturated carbocycles. The maximum atomic E-state index is 11.7. The molecule has 7 heteroatoms. The monoisotopic (exact) mass is 277 g/mol. The van der Waals surface area contributed by atoms with Gasteiger partial charge in [0.25, 0.3) is 0 Å². The van der Waals surface area contributed by atoms with Crippen LogP contribution in [-0.2, 0) is 14.8 Å². The highest BCUT2D eigenvalue weighted by Gasteiger charge is 2.27. The Balaban J connectivity index is 3.02. The Hall–Kier alpha value is -1.27. The number of aliphatic carboxylic acids is 1. The quantitative estimate of drug-likeness (QED) is 0.880. The van der Waals surface area contributed by atoms with Gasteiger partial charge in [-0.15, -0.1) is 0 Å². The zero-order valence-electron chi connectivity index (χ0n) is 9.27. The molecule has 0 amide bonds. The Labute approximate surface area is 104 Å². The summed E-state index contributed by atoms with van der Waals surface area (Å²) in [7, 11) is -3.94. The van der Waals surface area contributed by atoms with E-state index in [0.29, 0.717) is 16.3 Å². The molecule has 0 saturated heterocycles. The van der Waals surface area contributed by atoms with E-state index in [-0.39, 0.29) is 0 Å². The van der Waals surface area contributed by atoms with E-state index in [2.05, 4.69) is 4.72 Å². The number of carboxylic acid groups (broad SMARTS) is 1. The van der Waals surface area contributed by atoms with Gasteiger partial charge in [-0.2, -0.15) is 0 Å². The van der Waals surface area contributed by atoms with E-state index in [0.717, 1.165) is 6.92 Å². The molecule has 0 aliphatic heterocycles. The average Bonchev–Trinajstić information content (AvgIpc) is 2.21. The highest BCUT2D eigenvalue weighted by molar-refractivity contribution is 7.94. The molecule has 1 unspecified atom stereocenters. The third kappa shape index (κ3) is 3.34. The van der Waals surface area contributed by atoms with E-state index < -0.39 is 21.2 Å². The summed E-state index contributed by atoms with van der Waals surface area (Å²) in [4.78, 5) is 10.6. The first-order chi connectivity index (χ1) is 7.74. The maximum Gasteiger partial charge on any atom is 0.323 e. The summed E-state index contributed by atoms with van der Waals surface area (Å²) in [5.74, 6) is -1.40. The number of carbonyl (C=O) groups is 1. The Morgan fingerprint density at radius 2 is 2.06 bits per heavy atom. The van der Waals surface area contributed by atoms with Gasteiger partial charge in [-0.05, 0) is 37.6 Å². The van der Waals surface area contributed by atoms with Crippen LogP contribution in [-0.4, -0.2) is 24.7 Å². The number of anilines is 1. The van der Waals surface area contributed by atoms with Gasteiger partial charge in [0.15, 0.2) is 5.25 Å². The van der Waals surface area contributed by atoms with Gasteiger partial charge in [-0.1, -0.05) is 11.6 Å². The fourth-order valence-corrected chi connectivity index (χ4v) is 2.32. The molecule has 1 aromatic carbocycles. The summed E-state index contributed by atoms with van der Waals surface area (Å²) in [6.07, 6.45) is 0. The molecular weight excluding hydrogens is 266 g/mol. The number of halogens is 1. The number of benzene rings is 1. The van der Waals surface area contributed by atoms with Crippen LogP contribution in [0.15, 0.2) is 18.2 Å². The highest BCUT2D eigenvalue weighted by atomic mass is 35.5. The minimum absolute atomic E-state index is 0.322. The highest BCUT2D eigenvalue weighted by Crippen LogP contribution is 2.21. The fourth-order valence-electron chi connectivity index (χ4n) is 1.12. The lowest BCUT2D eigenvalue weighted by atomic mass is 10.2. The number of sulfonamides is 1. The van der Waals surface area contributed by atoms with Crippen molar-refractivity contribution in [1.29, 1.82) is 0 Å². The van der Waals surface area contributed by atoms with Crippen LogP contribution in [0, 0.1) is 6.92 Å². The number of nitrogens with one attached hydrogen (secondary N) is 1. The van der Waals surface area contributed by atoms with Gasteiger partial charge in [-0.3, -0.25) is 9.52 Å². The summed E-state index contributed by atoms with van der Waals surface area (Å²) < 4.78 is 25.5. The first kappa shape index (κ1) is 13.8. The fraction of sp³-hybridized carbons (Fsp3) is 0.300. The predicted octanol–water partition coefficient (Wildman–Crippen LogP) is 1.86. The molecule has 5 nitrogen and oxygen atoms in total. The van der Waals surface area contributed by atoms with Crippen molar-refractivity contribution >= 4 is 33.3 Å². The largest absolute Gasteiger partial charge is 0.480 e. The molecule has 0 aliphatic carbocycles. The van der Waals surface area contributed by atoms with Gasteiger partial charge in [0.2, 0.25) is 10.0 Å². The summed E-state index contributed by atoms with van der Waals surface area (Å²) in [6.45, 7) is 2.78. The standard InChI is InChI=1S/C10H12ClNO4S/c1-6-5-8(11)3-4-9(6)12-17(15,16)7(2)10(13)14/h3-5,7,12H,1-2H3,(H,13,14). The smallest absolute Gasteiger partial charge is 0.323 e. The Morgan fingerprint density at radius 3 is 2.53 bits per heavy atom. The van der Waals surface area contributed by atoms with Crippen molar-refractivity contribution in [2.24, 2.45) is 0 Å². The molecule has 94 valence electrons. The van der Waals surface area contributed by atoms with Gasteiger partial charge < -0.3 is 5.11 Å². The molecule has 0 radical (unpaired) electrons. The van der Waals surface area contributed by atoms with Crippen LogP contribution in [0.25, 0.3) is 0 Å². The third-order valence-electron chi connectivity index (χ3n) is 2.25. The summed E-state index contributed by atoms with van der Waals surface area (Å²) in [6, 6.07) is 4.60. The number of hydrogen-bond donors (Lipinski definition) is 2. The van der Waals surface area contributed by atoms with E-state index in [9.17, 15) is 13.2 Å². The number of carboxylic acids is 1. The molecule has 1 aromatic rings. The van der Waals surface area contributed by atoms with Crippen molar-refractivity contribution < 1.29 is 18.3 Å². The van der Waals surface area contributed by atoms with Crippen LogP contribution < -0.4 is 4.72 Å². The summed E-state index contributed by atoms with van der Waals surface area (Å²) in [5, 5.41) is 7.64. The van der Waals surface area contributed by atoms with Gasteiger partial charge in [-0.25, -0.2) is 8.42 Å². The molecule has 0 bridgehead atoms. The Morgan fingerprint density at radius 1 is 1.47 bits per heavy atom. The van der Waals surface area contributed by atoms with Crippen LogP contribution in [0.5, 0.6) is 0 Å². The van der Waals surface area contributed by atoms with E-state index in [4.69, 9.17) is 16.7 Å². The van der Waals surface area contributed by atoms with Crippen molar-refractivity contribution in [3.63, 3.8) is 0 Å². The van der Waals surface area contributed by atoms with Gasteiger partial charge in [0.1, 0.15) is 0 Å². The summed E-state index contributed by atoms with van der Waals surface area (Å²) >= 11 is 5.73. The van der Waals surface area contributed by atoms with E-state index in [1.165, 1.54) is 12.1 Å². The number of rotatable bonds is 4. The van der Waals surface area contributed by atoms with Crippen molar-refractivity contribution in [3.8, 4) is 0 Å². The van der Waals surface area contributed by atoms with Crippen molar-refractivity contribution in [1.82, 2.24) is 0 Å². The zero-order chi connectivity index (χ0) is 13.2. The zero-order valence-corrected chi connectivity index (χ0v) is 10.8. The molecule has 1 atom stereocenters. The normalized spacial score (nSPS) is 13.1. The Bertz CT molecular complexity index is 541. The second-order valence-corrected chi connectivity index (χ2v) is 6.02. The van der Waals surface area contributed by atoms with Crippen molar-refractivity contribution in [2.45, 2.75) is 19.1 Å². The molecule has 0 aliphatic rings. The second-order valence-electron chi connectivity index (χ2n) is 3.59. The first-order valence-corrected chi connectivity index (χ1v) is 6.67. The van der Waals surface area contributed by atoms with Gasteiger partial charge >= 0.3 is 5.97 Å². The SMILES string of the molecule is Cc1cc(Cl)ccc1NS(=O)(=O)C(C)C(=O)O. The van der Waals surface area contributed by atoms with E-state index in [1.54, 1.807) is 13.0 Å². The van der Waals surface area contributed by atoms with Crippen molar-refractivity contribution in [2.75, 3.05) is 4.72 Å². The first-order valence-electron chi connectivity index (χ1n) is 4.74. The number of hydrogen-bond acceptors (Lipinski definition) is 3. The summed E-state index contributed by atoms with van der Waals surface area (Å²) in [5.41, 5.74) is 0.946. The molecule has 0 spiro atoms. The maximum absolute atomic E-state index is 11.7. The average molecular weight is 278 g/mol. The van der Waals surface area contributed by atoms with Crippen LogP contribution in [0.3, 0.4) is 0 Å². The van der Waals surface area contributed by atoms with Gasteiger partial charge in [0.05, 0.1) is 5.69 Å². The van der Waals surface area contributed by atoms with Crippen LogP contribution in [0.1, 0.15) is 12.5 Å². The minimum atomic E-state index is -3.94. The number of aryl methyl sites for hydroxylation is 1. The molecular formula is C10H12ClNO4S. The molecule has 0 heterocycles. The third-order valence-corrected chi connectivity index (χ3v) is 4.13. The lowest BCUT2D eigenvalue weighted by molar-refractivity contribution is -0.136. The molecule has 2 N–H and O–H groups in total. The second kappa shape index (κ2) is 4.93. The topological polar surface area (TPSA) is 83.5 Å². The predicted molar refractivity (Wildman–Crippen MR) is 65.8 cm³/mol. The van der Waals surface area contributed by atoms with E-state index >= 15 is 0 Å². The molecule has 0 aromatic heterocycles. The van der Waals surface area contributed by atoms with Crippen LogP contribution in [0.4, 0.5) is 5.69 Å². The minimum Gasteiger partial charge on any atom is -0.480 e. The van der Waals surface area contributed by atoms with Gasteiger partial charge in [0, 0.05) is 5.02 Å². The molecule has 0 fully saturated rings. The van der Waals surface area contributed by atoms with E-state index in [1.807, 2.05) is 0 Å². The van der Waals surface area contributed by atoms with Crippen LogP contribution >= 0.6 is 11.6 Å². The van der Waals surface area contributed by atoms with Crippen LogP contribution in [0.2, 0.25) is 5.02 Å². The Kier molecular flexibility index (Phi) is 4.00. The molecule has 17 heavy (non-hydrogen) atoms. The lowest BCUT2D eigenvalue weighted by Gasteiger charge is -2.13. The molecule has 1 rings (SSSR count).